The molecule has 0 saturated heterocycles. The molecule has 2 aromatic rings. The van der Waals surface area contributed by atoms with Crippen LogP contribution in [0.5, 0.6) is 0 Å². The topological polar surface area (TPSA) is 33.1 Å². The molecular weight excluding hydrogens is 225 g/mol. The fraction of sp³-hybridized carbons (Fsp3) is 0.250. The summed E-state index contributed by atoms with van der Waals surface area (Å²) in [6.07, 6.45) is 1.53. The number of thiazole rings is 1. The number of aliphatic hydroxyl groups is 1. The number of hydrogen-bond donors (Lipinski definition) is 1. The number of aliphatic hydroxyl groups excluding tert-OH is 1. The maximum atomic E-state index is 13.1. The second kappa shape index (κ2) is 4.72. The Morgan fingerprint density at radius 3 is 2.88 bits per heavy atom. The van der Waals surface area contributed by atoms with Crippen LogP contribution in [0.2, 0.25) is 0 Å². The Kier molecular flexibility index (Phi) is 3.31. The highest BCUT2D eigenvalue weighted by Gasteiger charge is 2.11. The van der Waals surface area contributed by atoms with Gasteiger partial charge in [0, 0.05) is 17.5 Å². The van der Waals surface area contributed by atoms with E-state index in [1.165, 1.54) is 23.5 Å². The van der Waals surface area contributed by atoms with Crippen molar-refractivity contribution in [3.63, 3.8) is 0 Å². The first-order valence-corrected chi connectivity index (χ1v) is 5.85. The highest BCUT2D eigenvalue weighted by atomic mass is 32.1. The summed E-state index contributed by atoms with van der Waals surface area (Å²) in [5.74, 6) is -0.307. The Balaban J connectivity index is 2.17. The highest BCUT2D eigenvalue weighted by Crippen LogP contribution is 2.22. The lowest BCUT2D eigenvalue weighted by Crippen LogP contribution is -2.01. The minimum absolute atomic E-state index is 0.307. The number of benzene rings is 1. The van der Waals surface area contributed by atoms with Gasteiger partial charge in [-0.3, -0.25) is 4.98 Å². The fourth-order valence-corrected chi connectivity index (χ4v) is 2.24. The molecule has 0 aliphatic carbocycles. The first-order chi connectivity index (χ1) is 7.65. The van der Waals surface area contributed by atoms with Crippen LogP contribution in [0, 0.1) is 12.7 Å². The van der Waals surface area contributed by atoms with Crippen molar-refractivity contribution in [2.75, 3.05) is 0 Å². The van der Waals surface area contributed by atoms with E-state index in [4.69, 9.17) is 0 Å². The number of rotatable bonds is 3. The van der Waals surface area contributed by atoms with Crippen molar-refractivity contribution in [2.24, 2.45) is 0 Å². The van der Waals surface area contributed by atoms with Crippen LogP contribution < -0.4 is 0 Å². The van der Waals surface area contributed by atoms with E-state index >= 15 is 0 Å². The number of halogens is 1. The van der Waals surface area contributed by atoms with Gasteiger partial charge < -0.3 is 5.11 Å². The fourth-order valence-electron chi connectivity index (χ4n) is 1.61. The lowest BCUT2D eigenvalue weighted by Gasteiger charge is -2.10. The van der Waals surface area contributed by atoms with Crippen LogP contribution in [0.1, 0.15) is 22.1 Å². The summed E-state index contributed by atoms with van der Waals surface area (Å²) in [4.78, 5) is 4.93. The molecule has 0 fully saturated rings. The summed E-state index contributed by atoms with van der Waals surface area (Å²) in [6, 6.07) is 4.62. The van der Waals surface area contributed by atoms with Gasteiger partial charge in [0.05, 0.1) is 11.6 Å². The van der Waals surface area contributed by atoms with Crippen LogP contribution in [0.15, 0.2) is 29.9 Å². The summed E-state index contributed by atoms with van der Waals surface area (Å²) >= 11 is 1.49. The Morgan fingerprint density at radius 1 is 1.44 bits per heavy atom. The normalized spacial score (nSPS) is 12.7. The van der Waals surface area contributed by atoms with Gasteiger partial charge in [0.1, 0.15) is 5.82 Å². The Labute approximate surface area is 97.4 Å². The van der Waals surface area contributed by atoms with Crippen LogP contribution in [0.4, 0.5) is 4.39 Å². The molecule has 0 bridgehead atoms. The minimum Gasteiger partial charge on any atom is -0.388 e. The number of aryl methyl sites for hydroxylation is 1. The molecule has 1 unspecified atom stereocenters. The molecule has 0 aliphatic heterocycles. The van der Waals surface area contributed by atoms with Crippen molar-refractivity contribution in [3.8, 4) is 0 Å². The van der Waals surface area contributed by atoms with Gasteiger partial charge in [-0.25, -0.2) is 4.39 Å². The summed E-state index contributed by atoms with van der Waals surface area (Å²) in [6.45, 7) is 1.81. The summed E-state index contributed by atoms with van der Waals surface area (Å²) in [5, 5.41) is 9.95. The van der Waals surface area contributed by atoms with Crippen molar-refractivity contribution in [1.82, 2.24) is 4.98 Å². The minimum atomic E-state index is -0.671. The first kappa shape index (κ1) is 11.2. The molecule has 84 valence electrons. The van der Waals surface area contributed by atoms with Crippen LogP contribution in [-0.2, 0) is 6.42 Å². The van der Waals surface area contributed by atoms with Gasteiger partial charge in [-0.05, 0) is 30.2 Å². The smallest absolute Gasteiger partial charge is 0.123 e. The van der Waals surface area contributed by atoms with E-state index in [1.54, 1.807) is 17.8 Å². The lowest BCUT2D eigenvalue weighted by atomic mass is 10.0. The highest BCUT2D eigenvalue weighted by molar-refractivity contribution is 7.09. The number of hydrogen-bond acceptors (Lipinski definition) is 3. The van der Waals surface area contributed by atoms with Gasteiger partial charge in [0.25, 0.3) is 0 Å². The molecule has 0 spiro atoms. The van der Waals surface area contributed by atoms with E-state index in [0.29, 0.717) is 12.0 Å². The Bertz CT molecular complexity index is 450. The van der Waals surface area contributed by atoms with Gasteiger partial charge in [-0.1, -0.05) is 6.07 Å². The van der Waals surface area contributed by atoms with Crippen LogP contribution in [-0.4, -0.2) is 10.1 Å². The van der Waals surface area contributed by atoms with Gasteiger partial charge in [0.15, 0.2) is 0 Å². The van der Waals surface area contributed by atoms with Gasteiger partial charge in [0.2, 0.25) is 0 Å². The monoisotopic (exact) mass is 237 g/mol. The van der Waals surface area contributed by atoms with E-state index in [2.05, 4.69) is 4.98 Å². The summed E-state index contributed by atoms with van der Waals surface area (Å²) < 4.78 is 13.1. The van der Waals surface area contributed by atoms with E-state index in [9.17, 15) is 9.50 Å². The second-order valence-corrected chi connectivity index (χ2v) is 4.72. The van der Waals surface area contributed by atoms with Crippen molar-refractivity contribution in [1.29, 1.82) is 0 Å². The van der Waals surface area contributed by atoms with Crippen molar-refractivity contribution in [3.05, 3.63) is 51.7 Å². The van der Waals surface area contributed by atoms with Crippen molar-refractivity contribution >= 4 is 11.3 Å². The third-order valence-electron chi connectivity index (χ3n) is 2.33. The van der Waals surface area contributed by atoms with E-state index < -0.39 is 6.10 Å². The molecule has 16 heavy (non-hydrogen) atoms. The molecule has 1 aromatic carbocycles. The summed E-state index contributed by atoms with van der Waals surface area (Å²) in [7, 11) is 0. The first-order valence-electron chi connectivity index (χ1n) is 4.97. The third kappa shape index (κ3) is 2.65. The largest absolute Gasteiger partial charge is 0.388 e. The van der Waals surface area contributed by atoms with Crippen LogP contribution in [0.3, 0.4) is 0 Å². The molecule has 0 radical (unpaired) electrons. The molecule has 2 rings (SSSR count). The van der Waals surface area contributed by atoms with Gasteiger partial charge >= 0.3 is 0 Å². The second-order valence-electron chi connectivity index (χ2n) is 3.75. The Morgan fingerprint density at radius 2 is 2.25 bits per heavy atom. The van der Waals surface area contributed by atoms with Crippen LogP contribution in [0.25, 0.3) is 0 Å². The van der Waals surface area contributed by atoms with E-state index in [1.807, 2.05) is 6.92 Å². The molecule has 0 amide bonds. The standard InChI is InChI=1S/C12H12FNOS/c1-8-2-9(4-10(13)3-8)12(15)5-11-6-14-7-16-11/h2-4,6-7,12,15H,5H2,1H3. The van der Waals surface area contributed by atoms with Crippen molar-refractivity contribution < 1.29 is 9.50 Å². The zero-order chi connectivity index (χ0) is 11.5. The van der Waals surface area contributed by atoms with Crippen LogP contribution >= 0.6 is 11.3 Å². The number of nitrogens with zero attached hydrogens (tertiary/aromatic N) is 1. The average molecular weight is 237 g/mol. The van der Waals surface area contributed by atoms with E-state index in [-0.39, 0.29) is 5.82 Å². The van der Waals surface area contributed by atoms with E-state index in [0.717, 1.165) is 10.4 Å². The molecule has 0 aliphatic rings. The molecule has 2 nitrogen and oxygen atoms in total. The summed E-state index contributed by atoms with van der Waals surface area (Å²) in [5.41, 5.74) is 3.16. The molecule has 1 heterocycles. The Hall–Kier alpha value is -1.26. The zero-order valence-corrected chi connectivity index (χ0v) is 9.67. The SMILES string of the molecule is Cc1cc(F)cc(C(O)Cc2cncs2)c1. The maximum Gasteiger partial charge on any atom is 0.123 e. The van der Waals surface area contributed by atoms with Gasteiger partial charge in [-0.15, -0.1) is 11.3 Å². The predicted molar refractivity (Wildman–Crippen MR) is 61.9 cm³/mol. The average Bonchev–Trinajstić information content (AvgIpc) is 2.68. The molecule has 1 atom stereocenters. The molecule has 1 N–H and O–H groups in total. The number of aromatic nitrogens is 1. The molecule has 4 heteroatoms. The maximum absolute atomic E-state index is 13.1. The predicted octanol–water partition coefficient (Wildman–Crippen LogP) is 2.87. The zero-order valence-electron chi connectivity index (χ0n) is 8.85. The molecule has 0 saturated carbocycles. The van der Waals surface area contributed by atoms with Gasteiger partial charge in [-0.2, -0.15) is 0 Å². The quantitative estimate of drug-likeness (QED) is 0.890. The molecule has 1 aromatic heterocycles. The third-order valence-corrected chi connectivity index (χ3v) is 3.13. The lowest BCUT2D eigenvalue weighted by molar-refractivity contribution is 0.179. The molecular formula is C12H12FNOS. The van der Waals surface area contributed by atoms with Crippen molar-refractivity contribution in [2.45, 2.75) is 19.4 Å².